The average molecular weight is 254 g/mol. The molecule has 104 valence electrons. The number of hydrogen-bond donors (Lipinski definition) is 2. The fourth-order valence-electron chi connectivity index (χ4n) is 3.07. The van der Waals surface area contributed by atoms with E-state index >= 15 is 0 Å². The summed E-state index contributed by atoms with van der Waals surface area (Å²) in [6.07, 6.45) is 6.64. The van der Waals surface area contributed by atoms with Crippen LogP contribution in [0.1, 0.15) is 45.4 Å². The molecule has 1 aliphatic carbocycles. The lowest BCUT2D eigenvalue weighted by Gasteiger charge is -2.31. The molecule has 0 radical (unpaired) electrons. The molecule has 1 saturated carbocycles. The molecule has 2 fully saturated rings. The zero-order valence-electron chi connectivity index (χ0n) is 11.4. The van der Waals surface area contributed by atoms with E-state index in [0.717, 1.165) is 51.7 Å². The van der Waals surface area contributed by atoms with E-state index in [0.29, 0.717) is 12.0 Å². The standard InChI is InChI=1S/C14H26N2O2/c1-10-4-5-13(15)12(9-10)14(17)16-7-6-11-3-2-8-18-11/h10-13H,2-9,15H2,1H3,(H,16,17). The van der Waals surface area contributed by atoms with Gasteiger partial charge >= 0.3 is 0 Å². The number of nitrogens with one attached hydrogen (secondary N) is 1. The van der Waals surface area contributed by atoms with E-state index in [2.05, 4.69) is 12.2 Å². The van der Waals surface area contributed by atoms with Gasteiger partial charge in [0.15, 0.2) is 0 Å². The van der Waals surface area contributed by atoms with Gasteiger partial charge in [0.1, 0.15) is 0 Å². The first-order valence-electron chi connectivity index (χ1n) is 7.31. The number of amides is 1. The van der Waals surface area contributed by atoms with Crippen LogP contribution in [-0.2, 0) is 9.53 Å². The van der Waals surface area contributed by atoms with Crippen LogP contribution in [0.25, 0.3) is 0 Å². The van der Waals surface area contributed by atoms with Gasteiger partial charge in [0.2, 0.25) is 5.91 Å². The maximum absolute atomic E-state index is 12.1. The Hall–Kier alpha value is -0.610. The molecule has 1 heterocycles. The highest BCUT2D eigenvalue weighted by Crippen LogP contribution is 2.28. The Morgan fingerprint density at radius 1 is 1.39 bits per heavy atom. The molecule has 0 aromatic heterocycles. The molecule has 3 N–H and O–H groups in total. The van der Waals surface area contributed by atoms with Crippen molar-refractivity contribution >= 4 is 5.91 Å². The smallest absolute Gasteiger partial charge is 0.224 e. The molecule has 18 heavy (non-hydrogen) atoms. The number of carbonyl (C=O) groups is 1. The Bertz CT molecular complexity index is 277. The Labute approximate surface area is 110 Å². The fourth-order valence-corrected chi connectivity index (χ4v) is 3.07. The molecule has 2 rings (SSSR count). The number of hydrogen-bond acceptors (Lipinski definition) is 3. The third kappa shape index (κ3) is 3.69. The van der Waals surface area contributed by atoms with Gasteiger partial charge in [-0.3, -0.25) is 4.79 Å². The molecule has 4 atom stereocenters. The molecule has 0 bridgehead atoms. The molecule has 4 heteroatoms. The zero-order chi connectivity index (χ0) is 13.0. The van der Waals surface area contributed by atoms with E-state index in [1.165, 1.54) is 0 Å². The summed E-state index contributed by atoms with van der Waals surface area (Å²) in [6, 6.07) is 0.0453. The van der Waals surface area contributed by atoms with E-state index in [-0.39, 0.29) is 17.9 Å². The lowest BCUT2D eigenvalue weighted by Crippen LogP contribution is -2.45. The average Bonchev–Trinajstić information content (AvgIpc) is 2.85. The van der Waals surface area contributed by atoms with Crippen LogP contribution in [0, 0.1) is 11.8 Å². The largest absolute Gasteiger partial charge is 0.378 e. The molecule has 1 aliphatic heterocycles. The molecule has 0 aromatic carbocycles. The van der Waals surface area contributed by atoms with Crippen molar-refractivity contribution in [3.8, 4) is 0 Å². The van der Waals surface area contributed by atoms with Gasteiger partial charge in [-0.25, -0.2) is 0 Å². The second kappa shape index (κ2) is 6.53. The molecule has 0 aromatic rings. The van der Waals surface area contributed by atoms with Crippen molar-refractivity contribution in [3.63, 3.8) is 0 Å². The van der Waals surface area contributed by atoms with Gasteiger partial charge in [0.25, 0.3) is 0 Å². The Morgan fingerprint density at radius 3 is 2.94 bits per heavy atom. The van der Waals surface area contributed by atoms with Crippen molar-refractivity contribution in [2.75, 3.05) is 13.2 Å². The number of rotatable bonds is 4. The van der Waals surface area contributed by atoms with Crippen molar-refractivity contribution in [1.29, 1.82) is 0 Å². The van der Waals surface area contributed by atoms with Gasteiger partial charge in [0, 0.05) is 19.2 Å². The van der Waals surface area contributed by atoms with E-state index in [9.17, 15) is 4.79 Å². The molecule has 2 aliphatic rings. The molecule has 0 spiro atoms. The first-order chi connectivity index (χ1) is 8.66. The number of nitrogens with two attached hydrogens (primary N) is 1. The summed E-state index contributed by atoms with van der Waals surface area (Å²) in [5.74, 6) is 0.781. The third-order valence-corrected chi connectivity index (χ3v) is 4.29. The monoisotopic (exact) mass is 254 g/mol. The summed E-state index contributed by atoms with van der Waals surface area (Å²) in [5.41, 5.74) is 6.05. The van der Waals surface area contributed by atoms with Crippen LogP contribution in [0.5, 0.6) is 0 Å². The predicted molar refractivity (Wildman–Crippen MR) is 71.1 cm³/mol. The van der Waals surface area contributed by atoms with Gasteiger partial charge < -0.3 is 15.8 Å². The minimum Gasteiger partial charge on any atom is -0.378 e. The van der Waals surface area contributed by atoms with Crippen LogP contribution >= 0.6 is 0 Å². The van der Waals surface area contributed by atoms with E-state index in [1.807, 2.05) is 0 Å². The topological polar surface area (TPSA) is 64.4 Å². The summed E-state index contributed by atoms with van der Waals surface area (Å²) in [5, 5.41) is 3.03. The molecule has 4 unspecified atom stereocenters. The van der Waals surface area contributed by atoms with Crippen molar-refractivity contribution in [3.05, 3.63) is 0 Å². The van der Waals surface area contributed by atoms with Gasteiger partial charge in [-0.1, -0.05) is 6.92 Å². The van der Waals surface area contributed by atoms with Crippen molar-refractivity contribution in [2.45, 2.75) is 57.6 Å². The summed E-state index contributed by atoms with van der Waals surface area (Å²) >= 11 is 0. The number of carbonyl (C=O) groups excluding carboxylic acids is 1. The quantitative estimate of drug-likeness (QED) is 0.798. The SMILES string of the molecule is CC1CCC(N)C(C(=O)NCCC2CCCO2)C1. The second-order valence-electron chi connectivity index (χ2n) is 5.90. The predicted octanol–water partition coefficient (Wildman–Crippen LogP) is 1.44. The lowest BCUT2D eigenvalue weighted by molar-refractivity contribution is -0.127. The van der Waals surface area contributed by atoms with Crippen LogP contribution in [0.2, 0.25) is 0 Å². The zero-order valence-corrected chi connectivity index (χ0v) is 11.4. The summed E-state index contributed by atoms with van der Waals surface area (Å²) in [7, 11) is 0. The van der Waals surface area contributed by atoms with E-state index in [4.69, 9.17) is 10.5 Å². The van der Waals surface area contributed by atoms with Crippen molar-refractivity contribution in [2.24, 2.45) is 17.6 Å². The highest BCUT2D eigenvalue weighted by Gasteiger charge is 2.31. The Kier molecular flexibility index (Phi) is 5.01. The van der Waals surface area contributed by atoms with Gasteiger partial charge in [-0.15, -0.1) is 0 Å². The Balaban J connectivity index is 1.69. The van der Waals surface area contributed by atoms with Crippen LogP contribution in [0.15, 0.2) is 0 Å². The number of ether oxygens (including phenoxy) is 1. The minimum atomic E-state index is 0.0123. The van der Waals surface area contributed by atoms with Crippen LogP contribution < -0.4 is 11.1 Å². The Morgan fingerprint density at radius 2 is 2.22 bits per heavy atom. The van der Waals surface area contributed by atoms with E-state index < -0.39 is 0 Å². The molecular weight excluding hydrogens is 228 g/mol. The molecule has 4 nitrogen and oxygen atoms in total. The summed E-state index contributed by atoms with van der Waals surface area (Å²) in [6.45, 7) is 3.81. The summed E-state index contributed by atoms with van der Waals surface area (Å²) in [4.78, 5) is 12.1. The summed E-state index contributed by atoms with van der Waals surface area (Å²) < 4.78 is 5.54. The minimum absolute atomic E-state index is 0.0123. The second-order valence-corrected chi connectivity index (χ2v) is 5.90. The highest BCUT2D eigenvalue weighted by atomic mass is 16.5. The molecule has 1 amide bonds. The normalized spacial score (nSPS) is 36.6. The van der Waals surface area contributed by atoms with Crippen molar-refractivity contribution < 1.29 is 9.53 Å². The van der Waals surface area contributed by atoms with Crippen LogP contribution in [0.3, 0.4) is 0 Å². The van der Waals surface area contributed by atoms with Gasteiger partial charge in [-0.05, 0) is 44.4 Å². The molecule has 1 saturated heterocycles. The van der Waals surface area contributed by atoms with E-state index in [1.54, 1.807) is 0 Å². The van der Waals surface area contributed by atoms with Crippen molar-refractivity contribution in [1.82, 2.24) is 5.32 Å². The third-order valence-electron chi connectivity index (χ3n) is 4.29. The van der Waals surface area contributed by atoms with Gasteiger partial charge in [0.05, 0.1) is 12.0 Å². The maximum atomic E-state index is 12.1. The maximum Gasteiger partial charge on any atom is 0.224 e. The van der Waals surface area contributed by atoms with Gasteiger partial charge in [-0.2, -0.15) is 0 Å². The fraction of sp³-hybridized carbons (Fsp3) is 0.929. The van der Waals surface area contributed by atoms with Crippen LogP contribution in [-0.4, -0.2) is 31.2 Å². The first kappa shape index (κ1) is 13.8. The van der Waals surface area contributed by atoms with Crippen LogP contribution in [0.4, 0.5) is 0 Å². The first-order valence-corrected chi connectivity index (χ1v) is 7.31. The molecular formula is C14H26N2O2. The lowest BCUT2D eigenvalue weighted by atomic mass is 9.79. The highest BCUT2D eigenvalue weighted by molar-refractivity contribution is 5.79.